The van der Waals surface area contributed by atoms with Gasteiger partial charge in [-0.1, -0.05) is 35.9 Å². The highest BCUT2D eigenvalue weighted by atomic mass is 35.5. The molecule has 0 spiro atoms. The van der Waals surface area contributed by atoms with Crippen molar-refractivity contribution in [2.75, 3.05) is 18.2 Å². The third-order valence-corrected chi connectivity index (χ3v) is 5.00. The van der Waals surface area contributed by atoms with Crippen LogP contribution < -0.4 is 5.32 Å². The van der Waals surface area contributed by atoms with Gasteiger partial charge in [-0.05, 0) is 30.5 Å². The molecule has 1 heterocycles. The van der Waals surface area contributed by atoms with E-state index in [2.05, 4.69) is 10.4 Å². The minimum absolute atomic E-state index is 0.386. The van der Waals surface area contributed by atoms with Gasteiger partial charge in [-0.2, -0.15) is 5.10 Å². The lowest BCUT2D eigenvalue weighted by Crippen LogP contribution is -2.22. The standard InChI is InChI=1S/C20H18ClN3O3S/c1-24-18(11-16(23-24)13-7-9-14(21)10-8-13)22-19(25)12-27-20(26)15-5-3-4-6-17(15)28-2/h3-11H,12H2,1-2H3,(H,22,25). The Morgan fingerprint density at radius 1 is 1.18 bits per heavy atom. The average Bonchev–Trinajstić information content (AvgIpc) is 3.06. The van der Waals surface area contributed by atoms with Gasteiger partial charge in [0.25, 0.3) is 5.91 Å². The first-order valence-corrected chi connectivity index (χ1v) is 9.98. The SMILES string of the molecule is CSc1ccccc1C(=O)OCC(=O)Nc1cc(-c2ccc(Cl)cc2)nn1C. The smallest absolute Gasteiger partial charge is 0.339 e. The fourth-order valence-corrected chi connectivity index (χ4v) is 3.26. The predicted octanol–water partition coefficient (Wildman–Crippen LogP) is 4.26. The zero-order valence-corrected chi connectivity index (χ0v) is 16.9. The van der Waals surface area contributed by atoms with Crippen LogP contribution in [-0.4, -0.2) is 34.5 Å². The first-order chi connectivity index (χ1) is 13.5. The van der Waals surface area contributed by atoms with Crippen molar-refractivity contribution < 1.29 is 14.3 Å². The van der Waals surface area contributed by atoms with Gasteiger partial charge in [-0.25, -0.2) is 4.79 Å². The van der Waals surface area contributed by atoms with Gasteiger partial charge in [0.2, 0.25) is 0 Å². The predicted molar refractivity (Wildman–Crippen MR) is 111 cm³/mol. The summed E-state index contributed by atoms with van der Waals surface area (Å²) in [5.74, 6) is -0.483. The van der Waals surface area contributed by atoms with Crippen LogP contribution in [0.3, 0.4) is 0 Å². The largest absolute Gasteiger partial charge is 0.452 e. The summed E-state index contributed by atoms with van der Waals surface area (Å²) < 4.78 is 6.69. The fraction of sp³-hybridized carbons (Fsp3) is 0.150. The van der Waals surface area contributed by atoms with Crippen LogP contribution in [-0.2, 0) is 16.6 Å². The van der Waals surface area contributed by atoms with Crippen LogP contribution in [0.25, 0.3) is 11.3 Å². The molecule has 0 bridgehead atoms. The first-order valence-electron chi connectivity index (χ1n) is 8.38. The first kappa shape index (κ1) is 20.0. The second kappa shape index (κ2) is 8.95. The quantitative estimate of drug-likeness (QED) is 0.481. The van der Waals surface area contributed by atoms with Crippen LogP contribution in [0.2, 0.25) is 5.02 Å². The topological polar surface area (TPSA) is 73.2 Å². The summed E-state index contributed by atoms with van der Waals surface area (Å²) in [5.41, 5.74) is 2.01. The molecule has 8 heteroatoms. The highest BCUT2D eigenvalue weighted by molar-refractivity contribution is 7.98. The summed E-state index contributed by atoms with van der Waals surface area (Å²) in [4.78, 5) is 25.2. The Labute approximate surface area is 171 Å². The number of aryl methyl sites for hydroxylation is 1. The summed E-state index contributed by atoms with van der Waals surface area (Å²) in [7, 11) is 1.72. The number of ether oxygens (including phenoxy) is 1. The molecule has 1 N–H and O–H groups in total. The molecule has 0 aliphatic rings. The Kier molecular flexibility index (Phi) is 6.38. The molecule has 3 aromatic rings. The number of benzene rings is 2. The van der Waals surface area contributed by atoms with Crippen LogP contribution >= 0.6 is 23.4 Å². The van der Waals surface area contributed by atoms with E-state index in [-0.39, 0.29) is 6.61 Å². The van der Waals surface area contributed by atoms with Crippen molar-refractivity contribution in [3.05, 3.63) is 65.2 Å². The molecule has 1 amide bonds. The Morgan fingerprint density at radius 2 is 1.89 bits per heavy atom. The Bertz CT molecular complexity index is 1000. The van der Waals surface area contributed by atoms with E-state index in [4.69, 9.17) is 16.3 Å². The molecule has 2 aromatic carbocycles. The molecule has 0 saturated carbocycles. The van der Waals surface area contributed by atoms with Gasteiger partial charge < -0.3 is 10.1 Å². The molecule has 1 aromatic heterocycles. The van der Waals surface area contributed by atoms with E-state index in [1.165, 1.54) is 11.8 Å². The molecule has 0 aliphatic carbocycles. The number of hydrogen-bond acceptors (Lipinski definition) is 5. The number of carbonyl (C=O) groups is 2. The van der Waals surface area contributed by atoms with Crippen LogP contribution in [0.1, 0.15) is 10.4 Å². The van der Waals surface area contributed by atoms with Crippen molar-refractivity contribution in [1.82, 2.24) is 9.78 Å². The van der Waals surface area contributed by atoms with Crippen LogP contribution in [0.5, 0.6) is 0 Å². The molecule has 0 atom stereocenters. The van der Waals surface area contributed by atoms with Crippen molar-refractivity contribution in [2.45, 2.75) is 4.90 Å². The maximum absolute atomic E-state index is 12.2. The molecular formula is C20H18ClN3O3S. The molecule has 28 heavy (non-hydrogen) atoms. The second-order valence-corrected chi connectivity index (χ2v) is 7.15. The van der Waals surface area contributed by atoms with E-state index >= 15 is 0 Å². The third-order valence-electron chi connectivity index (χ3n) is 3.95. The number of thioether (sulfide) groups is 1. The molecule has 0 fully saturated rings. The van der Waals surface area contributed by atoms with Crippen LogP contribution in [0.15, 0.2) is 59.5 Å². The molecule has 3 rings (SSSR count). The third kappa shape index (κ3) is 4.74. The van der Waals surface area contributed by atoms with Crippen molar-refractivity contribution in [2.24, 2.45) is 7.05 Å². The highest BCUT2D eigenvalue weighted by Crippen LogP contribution is 2.23. The van der Waals surface area contributed by atoms with Crippen molar-refractivity contribution >= 4 is 41.1 Å². The zero-order valence-electron chi connectivity index (χ0n) is 15.3. The lowest BCUT2D eigenvalue weighted by molar-refractivity contribution is -0.119. The van der Waals surface area contributed by atoms with Gasteiger partial charge in [0.15, 0.2) is 6.61 Å². The summed E-state index contributed by atoms with van der Waals surface area (Å²) in [6, 6.07) is 16.1. The minimum Gasteiger partial charge on any atom is -0.452 e. The molecule has 6 nitrogen and oxygen atoms in total. The van der Waals surface area contributed by atoms with Gasteiger partial charge in [0, 0.05) is 28.6 Å². The fourth-order valence-electron chi connectivity index (χ4n) is 2.55. The van der Waals surface area contributed by atoms with E-state index < -0.39 is 11.9 Å². The Morgan fingerprint density at radius 3 is 2.61 bits per heavy atom. The van der Waals surface area contributed by atoms with E-state index in [0.29, 0.717) is 22.1 Å². The van der Waals surface area contributed by atoms with Crippen molar-refractivity contribution in [3.63, 3.8) is 0 Å². The maximum atomic E-state index is 12.2. The molecule has 0 radical (unpaired) electrons. The number of hydrogen-bond donors (Lipinski definition) is 1. The number of halogens is 1. The molecular weight excluding hydrogens is 398 g/mol. The number of anilines is 1. The summed E-state index contributed by atoms with van der Waals surface area (Å²) in [6.45, 7) is -0.386. The lowest BCUT2D eigenvalue weighted by Gasteiger charge is -2.08. The van der Waals surface area contributed by atoms with Crippen molar-refractivity contribution in [1.29, 1.82) is 0 Å². The summed E-state index contributed by atoms with van der Waals surface area (Å²) in [6.07, 6.45) is 1.87. The number of amides is 1. The van der Waals surface area contributed by atoms with E-state index in [0.717, 1.165) is 10.5 Å². The van der Waals surface area contributed by atoms with E-state index in [1.807, 2.05) is 30.5 Å². The van der Waals surface area contributed by atoms with Crippen molar-refractivity contribution in [3.8, 4) is 11.3 Å². The van der Waals surface area contributed by atoms with Gasteiger partial charge in [-0.3, -0.25) is 9.48 Å². The Hall–Kier alpha value is -2.77. The zero-order chi connectivity index (χ0) is 20.1. The maximum Gasteiger partial charge on any atom is 0.339 e. The van der Waals surface area contributed by atoms with Gasteiger partial charge >= 0.3 is 5.97 Å². The lowest BCUT2D eigenvalue weighted by atomic mass is 10.1. The highest BCUT2D eigenvalue weighted by Gasteiger charge is 2.15. The van der Waals surface area contributed by atoms with E-state index in [9.17, 15) is 9.59 Å². The summed E-state index contributed by atoms with van der Waals surface area (Å²) >= 11 is 7.35. The second-order valence-electron chi connectivity index (χ2n) is 5.87. The Balaban J connectivity index is 1.62. The number of aromatic nitrogens is 2. The van der Waals surface area contributed by atoms with Gasteiger partial charge in [0.1, 0.15) is 5.82 Å². The normalized spacial score (nSPS) is 10.5. The van der Waals surface area contributed by atoms with Gasteiger partial charge in [-0.15, -0.1) is 11.8 Å². The van der Waals surface area contributed by atoms with Crippen LogP contribution in [0, 0.1) is 0 Å². The molecule has 0 aliphatic heterocycles. The number of esters is 1. The van der Waals surface area contributed by atoms with Gasteiger partial charge in [0.05, 0.1) is 11.3 Å². The average molecular weight is 416 g/mol. The number of nitrogens with one attached hydrogen (secondary N) is 1. The molecule has 0 saturated heterocycles. The van der Waals surface area contributed by atoms with Crippen LogP contribution in [0.4, 0.5) is 5.82 Å². The monoisotopic (exact) mass is 415 g/mol. The van der Waals surface area contributed by atoms with E-state index in [1.54, 1.807) is 42.1 Å². The molecule has 144 valence electrons. The minimum atomic E-state index is -0.535. The summed E-state index contributed by atoms with van der Waals surface area (Å²) in [5, 5.41) is 7.71. The molecule has 0 unspecified atom stereocenters. The number of carbonyl (C=O) groups excluding carboxylic acids is 2. The number of rotatable bonds is 6. The number of nitrogens with zero attached hydrogens (tertiary/aromatic N) is 2.